The number of anilines is 1. The standard InChI is InChI=1S/C23H23ClF3N5O2/c24-16-4-7-18-13(11-16)3-8-19(29-18)30-22(33)28-17-5-1-12(2-6-17)20-31-32-21(34-20)14-9-15(10-14)23(25,26)27/h3-4,7-8,11-12,14-15,17H,1-2,5-6,9-10H2,(H2,28,29,30,33). The molecule has 2 saturated carbocycles. The molecule has 2 amide bonds. The third-order valence-corrected chi connectivity index (χ3v) is 6.95. The van der Waals surface area contributed by atoms with Gasteiger partial charge in [0.05, 0.1) is 11.4 Å². The van der Waals surface area contributed by atoms with Gasteiger partial charge in [0.25, 0.3) is 0 Å². The van der Waals surface area contributed by atoms with Crippen molar-refractivity contribution < 1.29 is 22.4 Å². The summed E-state index contributed by atoms with van der Waals surface area (Å²) in [5, 5.41) is 15.3. The maximum absolute atomic E-state index is 12.7. The van der Waals surface area contributed by atoms with Crippen molar-refractivity contribution in [2.75, 3.05) is 5.32 Å². The molecule has 2 heterocycles. The van der Waals surface area contributed by atoms with Crippen LogP contribution in [0, 0.1) is 5.92 Å². The summed E-state index contributed by atoms with van der Waals surface area (Å²) in [5.74, 6) is -0.300. The van der Waals surface area contributed by atoms with E-state index in [1.165, 1.54) is 0 Å². The lowest BCUT2D eigenvalue weighted by Crippen LogP contribution is -2.40. The maximum Gasteiger partial charge on any atom is 0.391 e. The molecular weight excluding hydrogens is 471 g/mol. The van der Waals surface area contributed by atoms with Gasteiger partial charge in [-0.2, -0.15) is 13.2 Å². The largest absolute Gasteiger partial charge is 0.425 e. The van der Waals surface area contributed by atoms with E-state index in [1.54, 1.807) is 18.2 Å². The third-order valence-electron chi connectivity index (χ3n) is 6.71. The quantitative estimate of drug-likeness (QED) is 0.453. The van der Waals surface area contributed by atoms with Crippen LogP contribution in [0.4, 0.5) is 23.8 Å². The molecule has 0 spiro atoms. The molecule has 1 aromatic carbocycles. The zero-order chi connectivity index (χ0) is 23.9. The van der Waals surface area contributed by atoms with Crippen LogP contribution in [0.15, 0.2) is 34.7 Å². The molecule has 180 valence electrons. The van der Waals surface area contributed by atoms with Gasteiger partial charge in [0.15, 0.2) is 0 Å². The van der Waals surface area contributed by atoms with Crippen molar-refractivity contribution in [2.24, 2.45) is 5.92 Å². The summed E-state index contributed by atoms with van der Waals surface area (Å²) in [6.45, 7) is 0. The second kappa shape index (κ2) is 9.05. The molecule has 0 saturated heterocycles. The van der Waals surface area contributed by atoms with E-state index in [0.717, 1.165) is 36.6 Å². The summed E-state index contributed by atoms with van der Waals surface area (Å²) >= 11 is 5.99. The average molecular weight is 494 g/mol. The number of amides is 2. The molecular formula is C23H23ClF3N5O2. The van der Waals surface area contributed by atoms with Crippen molar-refractivity contribution in [2.45, 2.75) is 62.6 Å². The van der Waals surface area contributed by atoms with E-state index in [9.17, 15) is 18.0 Å². The first kappa shape index (κ1) is 22.9. The van der Waals surface area contributed by atoms with E-state index >= 15 is 0 Å². The zero-order valence-electron chi connectivity index (χ0n) is 18.1. The fourth-order valence-corrected chi connectivity index (χ4v) is 4.83. The molecule has 0 unspecified atom stereocenters. The van der Waals surface area contributed by atoms with Crippen LogP contribution in [0.3, 0.4) is 0 Å². The third kappa shape index (κ3) is 4.96. The van der Waals surface area contributed by atoms with Crippen LogP contribution >= 0.6 is 11.6 Å². The van der Waals surface area contributed by atoms with Crippen LogP contribution in [0.25, 0.3) is 10.9 Å². The van der Waals surface area contributed by atoms with Gasteiger partial charge >= 0.3 is 12.2 Å². The van der Waals surface area contributed by atoms with Crippen molar-refractivity contribution in [1.82, 2.24) is 20.5 Å². The lowest BCUT2D eigenvalue weighted by atomic mass is 9.74. The second-order valence-corrected chi connectivity index (χ2v) is 9.50. The number of hydrogen-bond donors (Lipinski definition) is 2. The van der Waals surface area contributed by atoms with Crippen molar-refractivity contribution >= 4 is 34.4 Å². The van der Waals surface area contributed by atoms with Gasteiger partial charge in [-0.15, -0.1) is 10.2 Å². The molecule has 2 aliphatic carbocycles. The smallest absolute Gasteiger partial charge is 0.391 e. The lowest BCUT2D eigenvalue weighted by Gasteiger charge is -2.34. The second-order valence-electron chi connectivity index (χ2n) is 9.07. The summed E-state index contributed by atoms with van der Waals surface area (Å²) in [7, 11) is 0. The first-order chi connectivity index (χ1) is 16.2. The highest BCUT2D eigenvalue weighted by Crippen LogP contribution is 2.49. The molecule has 3 aromatic rings. The van der Waals surface area contributed by atoms with Crippen LogP contribution in [0.2, 0.25) is 5.02 Å². The van der Waals surface area contributed by atoms with Crippen molar-refractivity contribution in [3.8, 4) is 0 Å². The number of pyridine rings is 1. The monoisotopic (exact) mass is 493 g/mol. The minimum Gasteiger partial charge on any atom is -0.425 e. The Morgan fingerprint density at radius 3 is 2.41 bits per heavy atom. The molecule has 2 fully saturated rings. The van der Waals surface area contributed by atoms with Gasteiger partial charge < -0.3 is 9.73 Å². The van der Waals surface area contributed by atoms with Crippen molar-refractivity contribution in [1.29, 1.82) is 0 Å². The van der Waals surface area contributed by atoms with Crippen LogP contribution in [-0.2, 0) is 0 Å². The molecule has 7 nitrogen and oxygen atoms in total. The Morgan fingerprint density at radius 2 is 1.71 bits per heavy atom. The Labute approximate surface area is 198 Å². The van der Waals surface area contributed by atoms with Gasteiger partial charge in [0.2, 0.25) is 11.8 Å². The van der Waals surface area contributed by atoms with Gasteiger partial charge in [-0.1, -0.05) is 11.6 Å². The van der Waals surface area contributed by atoms with Crippen LogP contribution < -0.4 is 10.6 Å². The highest BCUT2D eigenvalue weighted by Gasteiger charge is 2.49. The van der Waals surface area contributed by atoms with Crippen LogP contribution in [0.5, 0.6) is 0 Å². The molecule has 0 radical (unpaired) electrons. The topological polar surface area (TPSA) is 92.9 Å². The first-order valence-corrected chi connectivity index (χ1v) is 11.7. The average Bonchev–Trinajstić information content (AvgIpc) is 3.22. The molecule has 0 atom stereocenters. The Kier molecular flexibility index (Phi) is 6.09. The molecule has 0 aliphatic heterocycles. The van der Waals surface area contributed by atoms with E-state index in [-0.39, 0.29) is 36.8 Å². The number of alkyl halides is 3. The Hall–Kier alpha value is -2.88. The zero-order valence-corrected chi connectivity index (χ0v) is 18.9. The predicted octanol–water partition coefficient (Wildman–Crippen LogP) is 6.18. The number of halogens is 4. The number of carbonyl (C=O) groups excluding carboxylic acids is 1. The van der Waals surface area contributed by atoms with Crippen molar-refractivity contribution in [3.63, 3.8) is 0 Å². The molecule has 34 heavy (non-hydrogen) atoms. The first-order valence-electron chi connectivity index (χ1n) is 11.3. The summed E-state index contributed by atoms with van der Waals surface area (Å²) in [5.41, 5.74) is 0.734. The summed E-state index contributed by atoms with van der Waals surface area (Å²) in [6, 6.07) is 8.60. The molecule has 2 N–H and O–H groups in total. The molecule has 2 aliphatic rings. The number of carbonyl (C=O) groups is 1. The Morgan fingerprint density at radius 1 is 1.00 bits per heavy atom. The van der Waals surface area contributed by atoms with Gasteiger partial charge in [0, 0.05) is 28.3 Å². The fourth-order valence-electron chi connectivity index (χ4n) is 4.65. The molecule has 11 heteroatoms. The normalized spacial score (nSPS) is 25.1. The van der Waals surface area contributed by atoms with Crippen molar-refractivity contribution in [3.05, 3.63) is 47.1 Å². The van der Waals surface area contributed by atoms with E-state index in [0.29, 0.717) is 22.6 Å². The number of benzene rings is 1. The fraction of sp³-hybridized carbons (Fsp3) is 0.478. The minimum atomic E-state index is -4.16. The number of nitrogens with one attached hydrogen (secondary N) is 2. The van der Waals surface area contributed by atoms with Gasteiger partial charge in [0.1, 0.15) is 5.82 Å². The Balaban J connectivity index is 1.10. The summed E-state index contributed by atoms with van der Waals surface area (Å²) in [4.78, 5) is 16.9. The SMILES string of the molecule is O=C(Nc1ccc2cc(Cl)ccc2n1)NC1CCC(c2nnc(C3CC(C(F)(F)F)C3)o2)CC1. The van der Waals surface area contributed by atoms with E-state index in [4.69, 9.17) is 16.0 Å². The Bertz CT molecular complexity index is 1190. The minimum absolute atomic E-state index is 0.00270. The molecule has 5 rings (SSSR count). The predicted molar refractivity (Wildman–Crippen MR) is 120 cm³/mol. The van der Waals surface area contributed by atoms with Gasteiger partial charge in [-0.25, -0.2) is 9.78 Å². The number of aromatic nitrogens is 3. The highest BCUT2D eigenvalue weighted by molar-refractivity contribution is 6.31. The molecule has 0 bridgehead atoms. The number of fused-ring (bicyclic) bond motifs is 1. The molecule has 2 aromatic heterocycles. The van der Waals surface area contributed by atoms with Gasteiger partial charge in [-0.3, -0.25) is 5.32 Å². The number of hydrogen-bond acceptors (Lipinski definition) is 5. The van der Waals surface area contributed by atoms with Gasteiger partial charge in [-0.05, 0) is 68.9 Å². The summed E-state index contributed by atoms with van der Waals surface area (Å²) < 4.78 is 43.8. The number of urea groups is 1. The summed E-state index contributed by atoms with van der Waals surface area (Å²) in [6.07, 6.45) is -1.17. The number of rotatable bonds is 4. The van der Waals surface area contributed by atoms with E-state index in [1.807, 2.05) is 12.1 Å². The van der Waals surface area contributed by atoms with Crippen LogP contribution in [0.1, 0.15) is 62.1 Å². The van der Waals surface area contributed by atoms with E-state index < -0.39 is 12.1 Å². The number of nitrogens with zero attached hydrogens (tertiary/aromatic N) is 3. The lowest BCUT2D eigenvalue weighted by molar-refractivity contribution is -0.198. The highest BCUT2D eigenvalue weighted by atomic mass is 35.5. The van der Waals surface area contributed by atoms with Crippen LogP contribution in [-0.4, -0.2) is 33.4 Å². The maximum atomic E-state index is 12.7. The van der Waals surface area contributed by atoms with E-state index in [2.05, 4.69) is 25.8 Å².